The van der Waals surface area contributed by atoms with Gasteiger partial charge in [-0.05, 0) is 12.3 Å². The lowest BCUT2D eigenvalue weighted by molar-refractivity contribution is 0.574. The third-order valence-electron chi connectivity index (χ3n) is 1.66. The monoisotopic (exact) mass is 201 g/mol. The number of rotatable bonds is 2. The maximum Gasteiger partial charge on any atom is 0.150 e. The molecule has 0 heterocycles. The lowest BCUT2D eigenvalue weighted by Gasteiger charge is -2.08. The summed E-state index contributed by atoms with van der Waals surface area (Å²) in [6.07, 6.45) is 0. The maximum atomic E-state index is 13.0. The molecule has 1 aromatic carbocycles. The van der Waals surface area contributed by atoms with Crippen molar-refractivity contribution in [2.24, 2.45) is 0 Å². The molecular formula is C9H9F2NS. The number of hydrogen-bond donors (Lipinski definition) is 1. The second-order valence-corrected chi connectivity index (χ2v) is 3.47. The summed E-state index contributed by atoms with van der Waals surface area (Å²) in [6.45, 7) is 5.01. The first-order chi connectivity index (χ1) is 6.07. The van der Waals surface area contributed by atoms with E-state index in [4.69, 9.17) is 5.73 Å². The van der Waals surface area contributed by atoms with Crippen LogP contribution in [-0.2, 0) is 0 Å². The third kappa shape index (κ3) is 1.83. The Labute approximate surface area is 79.6 Å². The summed E-state index contributed by atoms with van der Waals surface area (Å²) in [5.41, 5.74) is 5.75. The van der Waals surface area contributed by atoms with E-state index < -0.39 is 11.6 Å². The van der Waals surface area contributed by atoms with Gasteiger partial charge in [-0.2, -0.15) is 0 Å². The fourth-order valence-corrected chi connectivity index (χ4v) is 1.62. The molecule has 0 aromatic heterocycles. The van der Waals surface area contributed by atoms with Crippen molar-refractivity contribution in [3.63, 3.8) is 0 Å². The van der Waals surface area contributed by atoms with E-state index in [1.807, 2.05) is 0 Å². The summed E-state index contributed by atoms with van der Waals surface area (Å²) >= 11 is 1.12. The summed E-state index contributed by atoms with van der Waals surface area (Å²) in [5, 5.41) is 1.48. The Morgan fingerprint density at radius 2 is 2.08 bits per heavy atom. The van der Waals surface area contributed by atoms with Gasteiger partial charge in [0, 0.05) is 16.5 Å². The van der Waals surface area contributed by atoms with Gasteiger partial charge in [0.1, 0.15) is 11.6 Å². The molecule has 1 nitrogen and oxygen atoms in total. The highest BCUT2D eigenvalue weighted by atomic mass is 32.2. The van der Waals surface area contributed by atoms with E-state index in [2.05, 4.69) is 6.58 Å². The molecule has 0 saturated heterocycles. The van der Waals surface area contributed by atoms with Gasteiger partial charge in [-0.3, -0.25) is 0 Å². The number of nitrogen functional groups attached to an aromatic ring is 1. The summed E-state index contributed by atoms with van der Waals surface area (Å²) in [6, 6.07) is 0.789. The Balaban J connectivity index is 3.36. The predicted molar refractivity (Wildman–Crippen MR) is 51.6 cm³/mol. The molecule has 4 heteroatoms. The van der Waals surface area contributed by atoms with Crippen LogP contribution in [0.3, 0.4) is 0 Å². The fraction of sp³-hybridized carbons (Fsp3) is 0.111. The Bertz CT molecular complexity index is 324. The van der Waals surface area contributed by atoms with Crippen LogP contribution in [0.2, 0.25) is 0 Å². The first-order valence-electron chi connectivity index (χ1n) is 3.59. The van der Waals surface area contributed by atoms with Gasteiger partial charge < -0.3 is 5.73 Å². The molecular weight excluding hydrogens is 192 g/mol. The van der Waals surface area contributed by atoms with E-state index in [0.29, 0.717) is 10.5 Å². The molecule has 0 unspecified atom stereocenters. The first kappa shape index (κ1) is 10.1. The van der Waals surface area contributed by atoms with Crippen molar-refractivity contribution in [3.05, 3.63) is 35.3 Å². The van der Waals surface area contributed by atoms with Crippen molar-refractivity contribution in [1.82, 2.24) is 0 Å². The Morgan fingerprint density at radius 1 is 1.46 bits per heavy atom. The molecule has 2 N–H and O–H groups in total. The minimum Gasteiger partial charge on any atom is -0.395 e. The van der Waals surface area contributed by atoms with Gasteiger partial charge in [0.25, 0.3) is 0 Å². The molecule has 1 rings (SSSR count). The molecule has 0 spiro atoms. The molecule has 70 valence electrons. The van der Waals surface area contributed by atoms with E-state index in [0.717, 1.165) is 17.8 Å². The van der Waals surface area contributed by atoms with E-state index in [-0.39, 0.29) is 5.69 Å². The van der Waals surface area contributed by atoms with E-state index >= 15 is 0 Å². The Hall–Kier alpha value is -1.03. The highest BCUT2D eigenvalue weighted by Gasteiger charge is 2.12. The van der Waals surface area contributed by atoms with E-state index in [1.165, 1.54) is 5.41 Å². The van der Waals surface area contributed by atoms with Crippen molar-refractivity contribution in [1.29, 1.82) is 0 Å². The Kier molecular flexibility index (Phi) is 2.93. The zero-order valence-corrected chi connectivity index (χ0v) is 7.92. The van der Waals surface area contributed by atoms with Gasteiger partial charge in [-0.15, -0.1) is 0 Å². The predicted octanol–water partition coefficient (Wildman–Crippen LogP) is 3.09. The molecule has 0 atom stereocenters. The van der Waals surface area contributed by atoms with Crippen molar-refractivity contribution in [2.75, 3.05) is 5.73 Å². The number of nitrogens with two attached hydrogens (primary N) is 1. The molecule has 0 amide bonds. The van der Waals surface area contributed by atoms with Gasteiger partial charge in [0.2, 0.25) is 0 Å². The molecule has 0 bridgehead atoms. The summed E-state index contributed by atoms with van der Waals surface area (Å²) < 4.78 is 25.9. The van der Waals surface area contributed by atoms with Crippen molar-refractivity contribution < 1.29 is 8.78 Å². The number of halogens is 2. The van der Waals surface area contributed by atoms with E-state index in [9.17, 15) is 8.78 Å². The molecule has 1 aromatic rings. The number of benzene rings is 1. The van der Waals surface area contributed by atoms with Crippen LogP contribution in [0, 0.1) is 18.6 Å². The average molecular weight is 201 g/mol. The van der Waals surface area contributed by atoms with Crippen molar-refractivity contribution in [2.45, 2.75) is 11.8 Å². The Morgan fingerprint density at radius 3 is 2.62 bits per heavy atom. The maximum absolute atomic E-state index is 13.0. The van der Waals surface area contributed by atoms with Gasteiger partial charge in [-0.1, -0.05) is 18.3 Å². The topological polar surface area (TPSA) is 26.0 Å². The first-order valence-corrected chi connectivity index (χ1v) is 4.47. The second-order valence-electron chi connectivity index (χ2n) is 2.49. The molecule has 13 heavy (non-hydrogen) atoms. The number of hydrogen-bond acceptors (Lipinski definition) is 2. The van der Waals surface area contributed by atoms with Crippen LogP contribution in [-0.4, -0.2) is 0 Å². The van der Waals surface area contributed by atoms with Crippen LogP contribution in [0.1, 0.15) is 5.56 Å². The number of anilines is 1. The highest BCUT2D eigenvalue weighted by molar-refractivity contribution is 8.02. The minimum absolute atomic E-state index is 0.0243. The zero-order chi connectivity index (χ0) is 10.0. The van der Waals surface area contributed by atoms with Crippen LogP contribution >= 0.6 is 11.8 Å². The largest absolute Gasteiger partial charge is 0.395 e. The molecule has 0 aliphatic heterocycles. The zero-order valence-electron chi connectivity index (χ0n) is 7.10. The summed E-state index contributed by atoms with van der Waals surface area (Å²) in [7, 11) is 0. The molecule has 0 saturated carbocycles. The van der Waals surface area contributed by atoms with Gasteiger partial charge >= 0.3 is 0 Å². The molecule has 0 aliphatic rings. The normalized spacial score (nSPS) is 10.1. The van der Waals surface area contributed by atoms with Crippen LogP contribution in [0.25, 0.3) is 0 Å². The van der Waals surface area contributed by atoms with Crippen LogP contribution < -0.4 is 5.73 Å². The summed E-state index contributed by atoms with van der Waals surface area (Å²) in [5.74, 6) is -1.32. The molecule has 0 radical (unpaired) electrons. The van der Waals surface area contributed by atoms with Crippen molar-refractivity contribution >= 4 is 17.4 Å². The molecule has 0 aliphatic carbocycles. The molecule has 0 fully saturated rings. The fourth-order valence-electron chi connectivity index (χ4n) is 0.951. The van der Waals surface area contributed by atoms with Crippen LogP contribution in [0.4, 0.5) is 14.5 Å². The van der Waals surface area contributed by atoms with Gasteiger partial charge in [0.05, 0.1) is 5.69 Å². The minimum atomic E-state index is -0.729. The van der Waals surface area contributed by atoms with Crippen LogP contribution in [0.5, 0.6) is 0 Å². The quantitative estimate of drug-likeness (QED) is 0.587. The lowest BCUT2D eigenvalue weighted by atomic mass is 10.2. The van der Waals surface area contributed by atoms with Gasteiger partial charge in [-0.25, -0.2) is 8.78 Å². The third-order valence-corrected chi connectivity index (χ3v) is 2.58. The SMILES string of the molecule is C=CSc1c(C)c(F)cc(F)c1N. The number of thioether (sulfide) groups is 1. The van der Waals surface area contributed by atoms with Crippen LogP contribution in [0.15, 0.2) is 22.9 Å². The van der Waals surface area contributed by atoms with Gasteiger partial charge in [0.15, 0.2) is 0 Å². The standard InChI is InChI=1S/C9H9F2NS/c1-3-13-9-5(2)6(10)4-7(11)8(9)12/h3-4H,1,12H2,2H3. The van der Waals surface area contributed by atoms with E-state index in [1.54, 1.807) is 6.92 Å². The average Bonchev–Trinajstić information content (AvgIpc) is 2.09. The van der Waals surface area contributed by atoms with Crippen molar-refractivity contribution in [3.8, 4) is 0 Å². The smallest absolute Gasteiger partial charge is 0.150 e. The highest BCUT2D eigenvalue weighted by Crippen LogP contribution is 2.32. The summed E-state index contributed by atoms with van der Waals surface area (Å²) in [4.78, 5) is 0.396. The second kappa shape index (κ2) is 3.79. The lowest BCUT2D eigenvalue weighted by Crippen LogP contribution is -1.98.